The lowest BCUT2D eigenvalue weighted by Crippen LogP contribution is -2.23. The molecule has 0 amide bonds. The molecule has 0 atom stereocenters. The van der Waals surface area contributed by atoms with Crippen LogP contribution >= 0.6 is 12.2 Å². The van der Waals surface area contributed by atoms with Gasteiger partial charge in [0.05, 0.1) is 20.4 Å². The predicted molar refractivity (Wildman–Crippen MR) is 105 cm³/mol. The number of hydrazone groups is 1. The largest absolute Gasteiger partial charge is 0.493 e. The van der Waals surface area contributed by atoms with Crippen molar-refractivity contribution in [3.05, 3.63) is 54.2 Å². The third-order valence-corrected chi connectivity index (χ3v) is 3.83. The SMILES string of the molecule is COc1ccc(NC(=S)N/N=C/c2c[nH]c3ccccc23)cc1OC. The van der Waals surface area contributed by atoms with Crippen LogP contribution in [-0.2, 0) is 0 Å². The van der Waals surface area contributed by atoms with Crippen LogP contribution in [0.1, 0.15) is 5.56 Å². The van der Waals surface area contributed by atoms with Crippen molar-refractivity contribution < 1.29 is 9.47 Å². The molecule has 0 bridgehead atoms. The Morgan fingerprint density at radius 3 is 2.72 bits per heavy atom. The van der Waals surface area contributed by atoms with Crippen LogP contribution in [0.3, 0.4) is 0 Å². The topological polar surface area (TPSA) is 70.7 Å². The summed E-state index contributed by atoms with van der Waals surface area (Å²) >= 11 is 5.25. The summed E-state index contributed by atoms with van der Waals surface area (Å²) in [5.74, 6) is 1.28. The summed E-state index contributed by atoms with van der Waals surface area (Å²) in [4.78, 5) is 3.20. The molecule has 7 heteroatoms. The zero-order valence-corrected chi connectivity index (χ0v) is 14.7. The number of nitrogens with zero attached hydrogens (tertiary/aromatic N) is 1. The van der Waals surface area contributed by atoms with Gasteiger partial charge >= 0.3 is 0 Å². The van der Waals surface area contributed by atoms with E-state index in [0.717, 1.165) is 22.2 Å². The maximum absolute atomic E-state index is 5.27. The zero-order chi connectivity index (χ0) is 17.6. The van der Waals surface area contributed by atoms with E-state index in [1.807, 2.05) is 36.5 Å². The number of thiocarbonyl (C=S) groups is 1. The fourth-order valence-corrected chi connectivity index (χ4v) is 2.60. The highest BCUT2D eigenvalue weighted by Crippen LogP contribution is 2.29. The quantitative estimate of drug-likeness (QED) is 0.372. The van der Waals surface area contributed by atoms with E-state index in [4.69, 9.17) is 21.7 Å². The summed E-state index contributed by atoms with van der Waals surface area (Å²) in [6, 6.07) is 13.5. The maximum Gasteiger partial charge on any atom is 0.191 e. The number of ether oxygens (including phenoxy) is 2. The van der Waals surface area contributed by atoms with Crippen molar-refractivity contribution in [1.29, 1.82) is 0 Å². The van der Waals surface area contributed by atoms with Crippen molar-refractivity contribution in [2.75, 3.05) is 19.5 Å². The number of nitrogens with one attached hydrogen (secondary N) is 3. The second-order valence-electron chi connectivity index (χ2n) is 5.18. The Labute approximate surface area is 150 Å². The van der Waals surface area contributed by atoms with Crippen molar-refractivity contribution in [3.8, 4) is 11.5 Å². The van der Waals surface area contributed by atoms with E-state index < -0.39 is 0 Å². The highest BCUT2D eigenvalue weighted by Gasteiger charge is 2.05. The van der Waals surface area contributed by atoms with Gasteiger partial charge in [-0.3, -0.25) is 5.43 Å². The Balaban J connectivity index is 1.63. The average Bonchev–Trinajstić information content (AvgIpc) is 3.05. The van der Waals surface area contributed by atoms with Gasteiger partial charge in [-0.15, -0.1) is 0 Å². The van der Waals surface area contributed by atoms with Crippen molar-refractivity contribution in [2.24, 2.45) is 5.10 Å². The van der Waals surface area contributed by atoms with E-state index >= 15 is 0 Å². The third-order valence-electron chi connectivity index (χ3n) is 3.63. The van der Waals surface area contributed by atoms with Crippen LogP contribution < -0.4 is 20.2 Å². The summed E-state index contributed by atoms with van der Waals surface area (Å²) in [5.41, 5.74) is 5.63. The van der Waals surface area contributed by atoms with Gasteiger partial charge in [-0.1, -0.05) is 18.2 Å². The minimum atomic E-state index is 0.378. The maximum atomic E-state index is 5.27. The highest BCUT2D eigenvalue weighted by atomic mass is 32.1. The molecule has 0 aliphatic carbocycles. The summed E-state index contributed by atoms with van der Waals surface area (Å²) in [6.45, 7) is 0. The molecular formula is C18H18N4O2S. The van der Waals surface area contributed by atoms with Gasteiger partial charge in [0.2, 0.25) is 0 Å². The number of aromatic nitrogens is 1. The third kappa shape index (κ3) is 3.89. The smallest absolute Gasteiger partial charge is 0.191 e. The number of fused-ring (bicyclic) bond motifs is 1. The molecule has 0 fully saturated rings. The van der Waals surface area contributed by atoms with E-state index in [1.165, 1.54) is 0 Å². The zero-order valence-electron chi connectivity index (χ0n) is 13.9. The summed E-state index contributed by atoms with van der Waals surface area (Å²) < 4.78 is 10.5. The Hall–Kier alpha value is -3.06. The Morgan fingerprint density at radius 2 is 1.92 bits per heavy atom. The van der Waals surface area contributed by atoms with Gasteiger partial charge in [0.1, 0.15) is 0 Å². The first-order valence-electron chi connectivity index (χ1n) is 7.59. The van der Waals surface area contributed by atoms with Gasteiger partial charge in [0.25, 0.3) is 0 Å². The molecule has 6 nitrogen and oxygen atoms in total. The lowest BCUT2D eigenvalue weighted by atomic mass is 10.2. The van der Waals surface area contributed by atoms with Crippen LogP contribution in [0.15, 0.2) is 53.8 Å². The monoisotopic (exact) mass is 354 g/mol. The number of anilines is 1. The van der Waals surface area contributed by atoms with Crippen LogP contribution in [0.25, 0.3) is 10.9 Å². The molecular weight excluding hydrogens is 336 g/mol. The lowest BCUT2D eigenvalue weighted by molar-refractivity contribution is 0.355. The first kappa shape index (κ1) is 16.8. The fourth-order valence-electron chi connectivity index (χ4n) is 2.43. The second-order valence-corrected chi connectivity index (χ2v) is 5.59. The molecule has 3 aromatic rings. The molecule has 0 unspecified atom stereocenters. The van der Waals surface area contributed by atoms with Crippen LogP contribution in [0, 0.1) is 0 Å². The number of para-hydroxylation sites is 1. The molecule has 0 saturated heterocycles. The van der Waals surface area contributed by atoms with Gasteiger partial charge in [-0.2, -0.15) is 5.10 Å². The number of hydrogen-bond donors (Lipinski definition) is 3. The molecule has 0 aliphatic rings. The van der Waals surface area contributed by atoms with E-state index in [0.29, 0.717) is 16.6 Å². The number of benzene rings is 2. The molecule has 0 saturated carbocycles. The highest BCUT2D eigenvalue weighted by molar-refractivity contribution is 7.80. The van der Waals surface area contributed by atoms with Crippen LogP contribution in [-0.4, -0.2) is 30.5 Å². The fraction of sp³-hybridized carbons (Fsp3) is 0.111. The molecule has 1 heterocycles. The van der Waals surface area contributed by atoms with Crippen LogP contribution in [0.5, 0.6) is 11.5 Å². The molecule has 3 rings (SSSR count). The van der Waals surface area contributed by atoms with Crippen molar-refractivity contribution in [2.45, 2.75) is 0 Å². The van der Waals surface area contributed by atoms with Gasteiger partial charge in [0, 0.05) is 34.4 Å². The molecule has 0 radical (unpaired) electrons. The first-order valence-corrected chi connectivity index (χ1v) is 8.00. The normalized spacial score (nSPS) is 10.8. The van der Waals surface area contributed by atoms with Crippen molar-refractivity contribution in [3.63, 3.8) is 0 Å². The molecule has 0 spiro atoms. The van der Waals surface area contributed by atoms with E-state index in [2.05, 4.69) is 20.8 Å². The number of hydrogen-bond acceptors (Lipinski definition) is 4. The number of aromatic amines is 1. The Bertz CT molecular complexity index is 920. The van der Waals surface area contributed by atoms with Crippen LogP contribution in [0.2, 0.25) is 0 Å². The van der Waals surface area contributed by atoms with Gasteiger partial charge < -0.3 is 19.8 Å². The Morgan fingerprint density at radius 1 is 1.12 bits per heavy atom. The number of H-pyrrole nitrogens is 1. The summed E-state index contributed by atoms with van der Waals surface area (Å²) in [7, 11) is 3.18. The average molecular weight is 354 g/mol. The van der Waals surface area contributed by atoms with Gasteiger partial charge in [-0.25, -0.2) is 0 Å². The summed E-state index contributed by atoms with van der Waals surface area (Å²) in [5, 5.41) is 8.71. The molecule has 0 aliphatic heterocycles. The van der Waals surface area contributed by atoms with E-state index in [9.17, 15) is 0 Å². The Kier molecular flexibility index (Phi) is 5.15. The minimum Gasteiger partial charge on any atom is -0.493 e. The molecule has 25 heavy (non-hydrogen) atoms. The van der Waals surface area contributed by atoms with Crippen molar-refractivity contribution in [1.82, 2.24) is 10.4 Å². The number of methoxy groups -OCH3 is 2. The molecule has 3 N–H and O–H groups in total. The van der Waals surface area contributed by atoms with Gasteiger partial charge in [-0.05, 0) is 30.4 Å². The molecule has 1 aromatic heterocycles. The molecule has 2 aromatic carbocycles. The van der Waals surface area contributed by atoms with Crippen molar-refractivity contribution >= 4 is 40.1 Å². The summed E-state index contributed by atoms with van der Waals surface area (Å²) in [6.07, 6.45) is 3.63. The lowest BCUT2D eigenvalue weighted by Gasteiger charge is -2.11. The molecule has 128 valence electrons. The predicted octanol–water partition coefficient (Wildman–Crippen LogP) is 3.51. The number of rotatable bonds is 5. The van der Waals surface area contributed by atoms with E-state index in [-0.39, 0.29) is 0 Å². The standard InChI is InChI=1S/C18H18N4O2S/c1-23-16-8-7-13(9-17(16)24-2)21-18(25)22-20-11-12-10-19-15-6-4-3-5-14(12)15/h3-11,19H,1-2H3,(H2,21,22,25)/b20-11+. The van der Waals surface area contributed by atoms with Crippen LogP contribution in [0.4, 0.5) is 5.69 Å². The minimum absolute atomic E-state index is 0.378. The van der Waals surface area contributed by atoms with E-state index in [1.54, 1.807) is 32.6 Å². The second kappa shape index (κ2) is 7.67. The first-order chi connectivity index (χ1) is 12.2. The van der Waals surface area contributed by atoms with Gasteiger partial charge in [0.15, 0.2) is 16.6 Å².